The number of aromatic nitrogens is 1. The van der Waals surface area contributed by atoms with Crippen LogP contribution in [-0.4, -0.2) is 36.1 Å². The third-order valence-corrected chi connectivity index (χ3v) is 3.45. The zero-order valence-corrected chi connectivity index (χ0v) is 11.6. The Bertz CT molecular complexity index is 426. The summed E-state index contributed by atoms with van der Waals surface area (Å²) in [5.41, 5.74) is 2.40. The van der Waals surface area contributed by atoms with E-state index in [1.54, 1.807) is 6.07 Å². The highest BCUT2D eigenvalue weighted by molar-refractivity contribution is 6.36. The summed E-state index contributed by atoms with van der Waals surface area (Å²) in [6.07, 6.45) is 2.55. The highest BCUT2D eigenvalue weighted by atomic mass is 35.5. The Morgan fingerprint density at radius 3 is 2.83 bits per heavy atom. The minimum absolute atomic E-state index is 0.346. The van der Waals surface area contributed by atoms with Crippen LogP contribution in [0, 0.1) is 0 Å². The number of rotatable bonds is 6. The third kappa shape index (κ3) is 3.38. The first-order valence-corrected chi connectivity index (χ1v) is 6.53. The Balaban J connectivity index is 1.91. The molecule has 0 spiro atoms. The van der Waals surface area contributed by atoms with Crippen molar-refractivity contribution in [1.82, 2.24) is 9.88 Å². The van der Waals surface area contributed by atoms with Crippen LogP contribution in [0.5, 0.6) is 5.88 Å². The van der Waals surface area contributed by atoms with E-state index in [9.17, 15) is 0 Å². The molecule has 1 fully saturated rings. The molecule has 100 valence electrons. The van der Waals surface area contributed by atoms with Gasteiger partial charge >= 0.3 is 0 Å². The first kappa shape index (κ1) is 13.7. The molecule has 1 heterocycles. The summed E-state index contributed by atoms with van der Waals surface area (Å²) in [7, 11) is 2.09. The van der Waals surface area contributed by atoms with Gasteiger partial charge in [0.05, 0.1) is 5.02 Å². The maximum Gasteiger partial charge on any atom is 0.234 e. The Morgan fingerprint density at radius 2 is 2.22 bits per heavy atom. The van der Waals surface area contributed by atoms with Gasteiger partial charge in [0.15, 0.2) is 5.82 Å². The standard InChI is InChI=1S/C11H16Cl2N4O/c1-17(7-2-3-7)4-5-18-11-9(13)6-8(12)10(15-11)16-14/h6-7H,2-5,14H2,1H3,(H,15,16). The lowest BCUT2D eigenvalue weighted by Crippen LogP contribution is -2.26. The maximum absolute atomic E-state index is 5.99. The third-order valence-electron chi connectivity index (χ3n) is 2.89. The summed E-state index contributed by atoms with van der Waals surface area (Å²) < 4.78 is 5.54. The molecule has 7 heteroatoms. The zero-order valence-electron chi connectivity index (χ0n) is 10.1. The Hall–Kier alpha value is -0.750. The van der Waals surface area contributed by atoms with Crippen molar-refractivity contribution in [3.8, 4) is 5.88 Å². The Kier molecular flexibility index (Phi) is 4.50. The number of nitrogens with one attached hydrogen (secondary N) is 1. The molecule has 0 amide bonds. The van der Waals surface area contributed by atoms with Crippen molar-refractivity contribution >= 4 is 29.0 Å². The number of hydrogen-bond acceptors (Lipinski definition) is 5. The van der Waals surface area contributed by atoms with Gasteiger partial charge in [0.2, 0.25) is 5.88 Å². The number of pyridine rings is 1. The molecule has 3 N–H and O–H groups in total. The first-order chi connectivity index (χ1) is 8.61. The van der Waals surface area contributed by atoms with E-state index in [1.165, 1.54) is 12.8 Å². The molecule has 18 heavy (non-hydrogen) atoms. The van der Waals surface area contributed by atoms with Crippen LogP contribution in [-0.2, 0) is 0 Å². The van der Waals surface area contributed by atoms with Crippen LogP contribution in [0.15, 0.2) is 6.07 Å². The van der Waals surface area contributed by atoms with Crippen molar-refractivity contribution in [2.24, 2.45) is 5.84 Å². The van der Waals surface area contributed by atoms with Crippen LogP contribution in [0.25, 0.3) is 0 Å². The minimum Gasteiger partial charge on any atom is -0.475 e. The normalized spacial score (nSPS) is 14.9. The number of likely N-dealkylation sites (N-methyl/N-ethyl adjacent to an activating group) is 1. The highest BCUT2D eigenvalue weighted by Crippen LogP contribution is 2.30. The molecule has 0 atom stereocenters. The monoisotopic (exact) mass is 290 g/mol. The van der Waals surface area contributed by atoms with Gasteiger partial charge in [-0.15, -0.1) is 0 Å². The van der Waals surface area contributed by atoms with Gasteiger partial charge in [-0.3, -0.25) is 0 Å². The summed E-state index contributed by atoms with van der Waals surface area (Å²) in [5.74, 6) is 5.99. The average Bonchev–Trinajstić information content (AvgIpc) is 3.15. The molecular formula is C11H16Cl2N4O. The molecule has 1 aromatic rings. The van der Waals surface area contributed by atoms with Crippen LogP contribution in [0.4, 0.5) is 5.82 Å². The number of nitrogens with zero attached hydrogens (tertiary/aromatic N) is 2. The topological polar surface area (TPSA) is 63.4 Å². The number of ether oxygens (including phenoxy) is 1. The Labute approximate surface area is 116 Å². The molecular weight excluding hydrogens is 275 g/mol. The second-order valence-corrected chi connectivity index (χ2v) is 5.12. The highest BCUT2D eigenvalue weighted by Gasteiger charge is 2.25. The lowest BCUT2D eigenvalue weighted by molar-refractivity contribution is 0.227. The average molecular weight is 291 g/mol. The van der Waals surface area contributed by atoms with Gasteiger partial charge in [0, 0.05) is 12.6 Å². The number of nitrogen functional groups attached to an aromatic ring is 1. The maximum atomic E-state index is 5.99. The van der Waals surface area contributed by atoms with Crippen molar-refractivity contribution in [2.45, 2.75) is 18.9 Å². The smallest absolute Gasteiger partial charge is 0.234 e. The van der Waals surface area contributed by atoms with Crippen LogP contribution in [0.1, 0.15) is 12.8 Å². The van der Waals surface area contributed by atoms with Gasteiger partial charge in [0.1, 0.15) is 11.6 Å². The van der Waals surface area contributed by atoms with Gasteiger partial charge in [-0.25, -0.2) is 5.84 Å². The van der Waals surface area contributed by atoms with Gasteiger partial charge in [-0.2, -0.15) is 4.98 Å². The zero-order chi connectivity index (χ0) is 13.1. The lowest BCUT2D eigenvalue weighted by atomic mass is 10.4. The van der Waals surface area contributed by atoms with Crippen LogP contribution in [0.2, 0.25) is 10.0 Å². The molecule has 1 saturated carbocycles. The van der Waals surface area contributed by atoms with Crippen molar-refractivity contribution in [3.05, 3.63) is 16.1 Å². The molecule has 0 aliphatic heterocycles. The Morgan fingerprint density at radius 1 is 1.50 bits per heavy atom. The number of anilines is 1. The van der Waals surface area contributed by atoms with Gasteiger partial charge < -0.3 is 15.1 Å². The predicted molar refractivity (Wildman–Crippen MR) is 73.2 cm³/mol. The van der Waals surface area contributed by atoms with Crippen LogP contribution < -0.4 is 16.0 Å². The van der Waals surface area contributed by atoms with E-state index in [-0.39, 0.29) is 0 Å². The summed E-state index contributed by atoms with van der Waals surface area (Å²) in [6.45, 7) is 1.38. The number of hydrazine groups is 1. The van der Waals surface area contributed by atoms with Crippen LogP contribution in [0.3, 0.4) is 0 Å². The molecule has 0 saturated heterocycles. The fraction of sp³-hybridized carbons (Fsp3) is 0.545. The summed E-state index contributed by atoms with van der Waals surface area (Å²) in [6, 6.07) is 2.27. The molecule has 1 aliphatic rings. The van der Waals surface area contributed by atoms with Gasteiger partial charge in [0.25, 0.3) is 0 Å². The summed E-state index contributed by atoms with van der Waals surface area (Å²) in [4.78, 5) is 6.38. The first-order valence-electron chi connectivity index (χ1n) is 5.77. The summed E-state index contributed by atoms with van der Waals surface area (Å²) in [5, 5.41) is 0.748. The molecule has 5 nitrogen and oxygen atoms in total. The van der Waals surface area contributed by atoms with Crippen molar-refractivity contribution < 1.29 is 4.74 Å². The van der Waals surface area contributed by atoms with Gasteiger partial charge in [-0.05, 0) is 26.0 Å². The van der Waals surface area contributed by atoms with Crippen molar-refractivity contribution in [3.63, 3.8) is 0 Å². The van der Waals surface area contributed by atoms with E-state index in [1.807, 2.05) is 0 Å². The number of nitrogens with two attached hydrogens (primary N) is 1. The molecule has 0 radical (unpaired) electrons. The fourth-order valence-corrected chi connectivity index (χ4v) is 2.10. The van der Waals surface area contributed by atoms with Crippen LogP contribution >= 0.6 is 23.2 Å². The fourth-order valence-electron chi connectivity index (χ4n) is 1.64. The van der Waals surface area contributed by atoms with Crippen molar-refractivity contribution in [1.29, 1.82) is 0 Å². The molecule has 0 bridgehead atoms. The number of halogens is 2. The molecule has 2 rings (SSSR count). The minimum atomic E-state index is 0.346. The molecule has 0 unspecified atom stereocenters. The SMILES string of the molecule is CN(CCOc1nc(NN)c(Cl)cc1Cl)C1CC1. The van der Waals surface area contributed by atoms with Crippen molar-refractivity contribution in [2.75, 3.05) is 25.6 Å². The molecule has 1 aromatic heterocycles. The van der Waals surface area contributed by atoms with Gasteiger partial charge in [-0.1, -0.05) is 23.2 Å². The largest absolute Gasteiger partial charge is 0.475 e. The van der Waals surface area contributed by atoms with E-state index >= 15 is 0 Å². The van der Waals surface area contributed by atoms with E-state index in [0.717, 1.165) is 6.54 Å². The van der Waals surface area contributed by atoms with E-state index in [4.69, 9.17) is 33.8 Å². The second-order valence-electron chi connectivity index (χ2n) is 4.31. The van der Waals surface area contributed by atoms with E-state index in [0.29, 0.717) is 34.4 Å². The summed E-state index contributed by atoms with van der Waals surface area (Å²) >= 11 is 11.9. The molecule has 1 aliphatic carbocycles. The lowest BCUT2D eigenvalue weighted by Gasteiger charge is -2.16. The predicted octanol–water partition coefficient (Wildman–Crippen LogP) is 2.15. The van der Waals surface area contributed by atoms with E-state index in [2.05, 4.69) is 22.4 Å². The number of hydrogen-bond donors (Lipinski definition) is 2. The molecule has 0 aromatic carbocycles. The van der Waals surface area contributed by atoms with E-state index < -0.39 is 0 Å². The second kappa shape index (κ2) is 5.93. The quantitative estimate of drug-likeness (QED) is 0.621.